The van der Waals surface area contributed by atoms with Crippen molar-refractivity contribution >= 4 is 30.1 Å². The van der Waals surface area contributed by atoms with Crippen molar-refractivity contribution in [2.24, 2.45) is 26.7 Å². The summed E-state index contributed by atoms with van der Waals surface area (Å²) in [5.74, 6) is -3.13. The summed E-state index contributed by atoms with van der Waals surface area (Å²) in [7, 11) is 0. The predicted molar refractivity (Wildman–Crippen MR) is 161 cm³/mol. The topological polar surface area (TPSA) is 127 Å². The van der Waals surface area contributed by atoms with Gasteiger partial charge in [0.05, 0.1) is 21.7 Å². The van der Waals surface area contributed by atoms with E-state index in [1.165, 1.54) is 24.4 Å². The molecule has 0 bridgehead atoms. The molecule has 0 amide bonds. The van der Waals surface area contributed by atoms with Gasteiger partial charge in [-0.15, -0.1) is 0 Å². The molecule has 1 unspecified atom stereocenters. The van der Waals surface area contributed by atoms with Gasteiger partial charge in [0, 0.05) is 11.8 Å². The van der Waals surface area contributed by atoms with Crippen LogP contribution in [-0.2, 0) is 42.9 Å². The Morgan fingerprint density at radius 2 is 1.14 bits per heavy atom. The fourth-order valence-corrected chi connectivity index (χ4v) is 3.56. The van der Waals surface area contributed by atoms with Gasteiger partial charge in [0.1, 0.15) is 18.5 Å². The second kappa shape index (κ2) is 13.7. The van der Waals surface area contributed by atoms with Crippen molar-refractivity contribution in [2.75, 3.05) is 6.61 Å². The minimum absolute atomic E-state index is 0.122. The van der Waals surface area contributed by atoms with Crippen LogP contribution in [0, 0.1) is 27.5 Å². The number of hydrogen-bond acceptors (Lipinski definition) is 10. The Hall–Kier alpha value is -3.34. The Kier molecular flexibility index (Phi) is 11.5. The maximum atomic E-state index is 14.5. The van der Waals surface area contributed by atoms with E-state index in [4.69, 9.17) is 23.7 Å². The van der Waals surface area contributed by atoms with Crippen LogP contribution >= 0.6 is 0 Å². The van der Waals surface area contributed by atoms with Crippen LogP contribution in [0.3, 0.4) is 0 Å². The summed E-state index contributed by atoms with van der Waals surface area (Å²) >= 11 is 0. The van der Waals surface area contributed by atoms with Gasteiger partial charge in [-0.05, 0) is 89.2 Å². The Morgan fingerprint density at radius 1 is 0.705 bits per heavy atom. The molecule has 2 rings (SSSR count). The molecule has 0 N–H and O–H groups in total. The number of benzene rings is 1. The number of nitrogens with zero attached hydrogens (tertiary/aromatic N) is 1. The number of rotatable bonds is 7. The lowest BCUT2D eigenvalue weighted by molar-refractivity contribution is -0.258. The first-order valence-electron chi connectivity index (χ1n) is 14.7. The number of esters is 4. The number of ether oxygens (including phenoxy) is 5. The van der Waals surface area contributed by atoms with Crippen LogP contribution in [0.2, 0.25) is 0 Å². The van der Waals surface area contributed by atoms with E-state index in [1.807, 2.05) is 0 Å². The first-order chi connectivity index (χ1) is 19.9. The third-order valence-electron chi connectivity index (χ3n) is 6.43. The maximum absolute atomic E-state index is 14.5. The van der Waals surface area contributed by atoms with E-state index in [-0.39, 0.29) is 5.56 Å². The zero-order valence-electron chi connectivity index (χ0n) is 28.0. The largest absolute Gasteiger partial charge is 0.462 e. The van der Waals surface area contributed by atoms with Crippen molar-refractivity contribution in [2.45, 2.75) is 114 Å². The molecule has 11 heteroatoms. The van der Waals surface area contributed by atoms with Crippen molar-refractivity contribution in [3.63, 3.8) is 0 Å². The SMILES string of the molecule is CC(C)(C)C(=O)OC[C@H]1OC(/N=C/c2ccccc2F)[C@H](OC(=O)C(C)(C)C)[C@@H](OC(=O)C(C)(C)C)[C@@H]1OC(=O)C(C)(C)C. The average molecular weight is 622 g/mol. The van der Waals surface area contributed by atoms with Gasteiger partial charge in [0.15, 0.2) is 24.5 Å². The van der Waals surface area contributed by atoms with Gasteiger partial charge < -0.3 is 23.7 Å². The minimum Gasteiger partial charge on any atom is -0.462 e. The highest BCUT2D eigenvalue weighted by atomic mass is 19.1. The normalized spacial score (nSPS) is 23.2. The Balaban J connectivity index is 2.73. The van der Waals surface area contributed by atoms with Gasteiger partial charge in [0.25, 0.3) is 0 Å². The highest BCUT2D eigenvalue weighted by Gasteiger charge is 2.54. The van der Waals surface area contributed by atoms with Crippen LogP contribution in [0.1, 0.15) is 88.6 Å². The summed E-state index contributed by atoms with van der Waals surface area (Å²) in [5, 5.41) is 0. The number of carbonyl (C=O) groups excluding carboxylic acids is 4. The average Bonchev–Trinajstić information content (AvgIpc) is 2.87. The van der Waals surface area contributed by atoms with E-state index in [2.05, 4.69) is 4.99 Å². The lowest BCUT2D eigenvalue weighted by Crippen LogP contribution is -2.63. The van der Waals surface area contributed by atoms with Crippen LogP contribution in [0.4, 0.5) is 4.39 Å². The van der Waals surface area contributed by atoms with Crippen molar-refractivity contribution in [1.82, 2.24) is 0 Å². The number of carbonyl (C=O) groups is 4. The smallest absolute Gasteiger partial charge is 0.311 e. The molecular formula is C33H48FNO9. The first-order valence-corrected chi connectivity index (χ1v) is 14.7. The molecular weight excluding hydrogens is 573 g/mol. The summed E-state index contributed by atoms with van der Waals surface area (Å²) in [4.78, 5) is 56.9. The second-order valence-corrected chi connectivity index (χ2v) is 15.1. The van der Waals surface area contributed by atoms with Gasteiger partial charge in [-0.3, -0.25) is 24.2 Å². The lowest BCUT2D eigenvalue weighted by atomic mass is 9.92. The van der Waals surface area contributed by atoms with Crippen LogP contribution in [-0.4, -0.2) is 67.3 Å². The van der Waals surface area contributed by atoms with E-state index < -0.39 is 88.6 Å². The van der Waals surface area contributed by atoms with E-state index >= 15 is 0 Å². The molecule has 0 aromatic heterocycles. The summed E-state index contributed by atoms with van der Waals surface area (Å²) < 4.78 is 44.0. The molecule has 1 heterocycles. The van der Waals surface area contributed by atoms with Gasteiger partial charge in [0.2, 0.25) is 0 Å². The highest BCUT2D eigenvalue weighted by molar-refractivity contribution is 5.80. The Morgan fingerprint density at radius 3 is 1.59 bits per heavy atom. The predicted octanol–water partition coefficient (Wildman–Crippen LogP) is 5.43. The Bertz CT molecular complexity index is 1230. The third-order valence-corrected chi connectivity index (χ3v) is 6.43. The van der Waals surface area contributed by atoms with Crippen molar-refractivity contribution < 1.29 is 47.3 Å². The molecule has 44 heavy (non-hydrogen) atoms. The first kappa shape index (κ1) is 36.8. The molecule has 246 valence electrons. The molecule has 1 fully saturated rings. The molecule has 1 aromatic carbocycles. The zero-order chi connectivity index (χ0) is 33.8. The zero-order valence-corrected chi connectivity index (χ0v) is 28.0. The summed E-state index contributed by atoms with van der Waals surface area (Å²) in [6.45, 7) is 19.4. The molecule has 1 aliphatic heterocycles. The van der Waals surface area contributed by atoms with Crippen LogP contribution < -0.4 is 0 Å². The number of hydrogen-bond donors (Lipinski definition) is 0. The quantitative estimate of drug-likeness (QED) is 0.222. The molecule has 0 saturated carbocycles. The molecule has 0 radical (unpaired) electrons. The molecule has 1 aromatic rings. The highest BCUT2D eigenvalue weighted by Crippen LogP contribution is 2.34. The van der Waals surface area contributed by atoms with Crippen LogP contribution in [0.15, 0.2) is 29.3 Å². The third kappa shape index (κ3) is 10.1. The maximum Gasteiger partial charge on any atom is 0.311 e. The van der Waals surface area contributed by atoms with Gasteiger partial charge in [-0.25, -0.2) is 4.39 Å². The van der Waals surface area contributed by atoms with Gasteiger partial charge in [-0.2, -0.15) is 0 Å². The van der Waals surface area contributed by atoms with Crippen molar-refractivity contribution in [1.29, 1.82) is 0 Å². The fourth-order valence-electron chi connectivity index (χ4n) is 3.56. The van der Waals surface area contributed by atoms with Gasteiger partial charge in [-0.1, -0.05) is 18.2 Å². The summed E-state index contributed by atoms with van der Waals surface area (Å²) in [5.41, 5.74) is -3.72. The monoisotopic (exact) mass is 621 g/mol. The lowest BCUT2D eigenvalue weighted by Gasteiger charge is -2.45. The van der Waals surface area contributed by atoms with E-state index in [0.717, 1.165) is 0 Å². The minimum atomic E-state index is -1.44. The van der Waals surface area contributed by atoms with Crippen LogP contribution in [0.5, 0.6) is 0 Å². The Labute approximate surface area is 260 Å². The molecule has 0 aliphatic carbocycles. The molecule has 0 spiro atoms. The molecule has 1 saturated heterocycles. The summed E-state index contributed by atoms with van der Waals surface area (Å²) in [6.07, 6.45) is -5.62. The van der Waals surface area contributed by atoms with Crippen molar-refractivity contribution in [3.05, 3.63) is 35.6 Å². The second-order valence-electron chi connectivity index (χ2n) is 15.1. The number of aliphatic imine (C=N–C) groups is 1. The summed E-state index contributed by atoms with van der Waals surface area (Å²) in [6, 6.07) is 5.89. The molecule has 5 atom stereocenters. The van der Waals surface area contributed by atoms with Crippen LogP contribution in [0.25, 0.3) is 0 Å². The van der Waals surface area contributed by atoms with E-state index in [9.17, 15) is 23.6 Å². The van der Waals surface area contributed by atoms with E-state index in [0.29, 0.717) is 0 Å². The van der Waals surface area contributed by atoms with Crippen molar-refractivity contribution in [3.8, 4) is 0 Å². The fraction of sp³-hybridized carbons (Fsp3) is 0.667. The molecule has 1 aliphatic rings. The standard InChI is InChI=1S/C33H48FNO9/c1-30(2,3)26(36)40-18-21-22(42-27(37)31(4,5)6)23(43-28(38)32(7,8)9)24(44-29(39)33(10,11)12)25(41-21)35-17-19-15-13-14-16-20(19)34/h13-17,21-25H,18H2,1-12H3/b35-17+/t21-,22-,23+,24-,25?/m1/s1. The number of halogens is 1. The van der Waals surface area contributed by atoms with E-state index in [1.54, 1.807) is 89.2 Å². The molecule has 10 nitrogen and oxygen atoms in total. The van der Waals surface area contributed by atoms with Gasteiger partial charge >= 0.3 is 23.9 Å².